The van der Waals surface area contributed by atoms with E-state index in [1.54, 1.807) is 36.6 Å². The van der Waals surface area contributed by atoms with E-state index in [0.717, 1.165) is 62.8 Å². The molecule has 15 heterocycles. The van der Waals surface area contributed by atoms with Crippen LogP contribution < -0.4 is 61.1 Å². The molecule has 15 rings (SSSR count). The van der Waals surface area contributed by atoms with Gasteiger partial charge in [0.05, 0.1) is 106 Å². The second kappa shape index (κ2) is 39.7. The molecule has 0 aliphatic carbocycles. The first-order valence-electron chi connectivity index (χ1n) is 39.9. The van der Waals surface area contributed by atoms with E-state index in [0.29, 0.717) is 174 Å². The fourth-order valence-electron chi connectivity index (χ4n) is 13.8. The maximum Gasteiger partial charge on any atom is 0.417 e. The third-order valence-electron chi connectivity index (χ3n) is 19.8. The van der Waals surface area contributed by atoms with Crippen LogP contribution in [0.3, 0.4) is 0 Å². The Bertz CT molecular complexity index is 4780. The number of nitrogens with two attached hydrogens (primary N) is 3. The second-order valence-electron chi connectivity index (χ2n) is 31.5. The first-order valence-corrected chi connectivity index (χ1v) is 40.3. The summed E-state index contributed by atoms with van der Waals surface area (Å²) in [5.74, 6) is 1.43. The number of likely N-dealkylation sites (tertiary alicyclic amines) is 3. The van der Waals surface area contributed by atoms with E-state index in [2.05, 4.69) is 60.1 Å². The van der Waals surface area contributed by atoms with Crippen LogP contribution >= 0.6 is 11.6 Å². The smallest absolute Gasteiger partial charge is 0.417 e. The maximum absolute atomic E-state index is 13.8. The van der Waals surface area contributed by atoms with Crippen molar-refractivity contribution in [2.75, 3.05) is 194 Å². The first kappa shape index (κ1) is 91.3. The lowest BCUT2D eigenvalue weighted by molar-refractivity contribution is -0.137. The predicted molar refractivity (Wildman–Crippen MR) is 430 cm³/mol. The van der Waals surface area contributed by atoms with E-state index in [1.165, 1.54) is 30.0 Å². The third-order valence-corrected chi connectivity index (χ3v) is 20.0. The van der Waals surface area contributed by atoms with Crippen molar-refractivity contribution >= 4 is 70.9 Å². The van der Waals surface area contributed by atoms with Crippen molar-refractivity contribution in [2.24, 2.45) is 0 Å². The van der Waals surface area contributed by atoms with E-state index in [4.69, 9.17) is 76.2 Å². The molecule has 8 aliphatic heterocycles. The van der Waals surface area contributed by atoms with Gasteiger partial charge in [0, 0.05) is 164 Å². The van der Waals surface area contributed by atoms with Crippen LogP contribution in [-0.2, 0) is 51.7 Å². The summed E-state index contributed by atoms with van der Waals surface area (Å²) in [5, 5.41) is 3.52. The van der Waals surface area contributed by atoms with Crippen LogP contribution in [0.2, 0.25) is 5.15 Å². The molecule has 4 atom stereocenters. The zero-order valence-electron chi connectivity index (χ0n) is 68.8. The molecule has 8 fully saturated rings. The number of aromatic nitrogens is 11. The number of carbonyl (C=O) groups excluding carboxylic acids is 3. The number of nitrogens with one attached hydrogen (secondary N) is 1. The number of alkyl halides is 9. The van der Waals surface area contributed by atoms with Crippen molar-refractivity contribution in [3.63, 3.8) is 0 Å². The van der Waals surface area contributed by atoms with Gasteiger partial charge >= 0.3 is 30.7 Å². The molecule has 0 radical (unpaired) electrons. The quantitative estimate of drug-likeness (QED) is 0.0548. The van der Waals surface area contributed by atoms with Gasteiger partial charge in [0.1, 0.15) is 58.2 Å². The van der Waals surface area contributed by atoms with Gasteiger partial charge in [-0.3, -0.25) is 4.79 Å². The fourth-order valence-corrected chi connectivity index (χ4v) is 14.0. The minimum Gasteiger partial charge on any atom is -0.473 e. The maximum atomic E-state index is 13.8. The third kappa shape index (κ3) is 25.8. The van der Waals surface area contributed by atoms with E-state index in [9.17, 15) is 53.9 Å². The van der Waals surface area contributed by atoms with Crippen molar-refractivity contribution in [2.45, 2.75) is 128 Å². The van der Waals surface area contributed by atoms with Crippen molar-refractivity contribution in [3.8, 4) is 57.3 Å². The number of ether oxygens (including phenoxy) is 10. The summed E-state index contributed by atoms with van der Waals surface area (Å²) in [6.07, 6.45) is -9.84. The Morgan fingerprint density at radius 1 is 0.407 bits per heavy atom. The topological polar surface area (TPSA) is 398 Å². The molecule has 35 nitrogen and oxygen atoms in total. The highest BCUT2D eigenvalue weighted by molar-refractivity contribution is 6.29. The van der Waals surface area contributed by atoms with Gasteiger partial charge in [0.15, 0.2) is 0 Å². The monoisotopic (exact) mass is 1760 g/mol. The largest absolute Gasteiger partial charge is 0.473 e. The highest BCUT2D eigenvalue weighted by atomic mass is 35.5. The Labute approximate surface area is 707 Å². The van der Waals surface area contributed by atoms with Crippen LogP contribution in [0.1, 0.15) is 90.8 Å². The Balaban J connectivity index is 0.000000151. The number of pyridine rings is 3. The summed E-state index contributed by atoms with van der Waals surface area (Å²) in [7, 11) is 0. The van der Waals surface area contributed by atoms with Gasteiger partial charge in [-0.1, -0.05) is 11.6 Å². The number of amides is 3. The summed E-state index contributed by atoms with van der Waals surface area (Å²) in [4.78, 5) is 95.3. The van der Waals surface area contributed by atoms with Gasteiger partial charge in [-0.15, -0.1) is 0 Å². The van der Waals surface area contributed by atoms with E-state index >= 15 is 0 Å². The number of rotatable bonds is 15. The number of anilines is 7. The van der Waals surface area contributed by atoms with Crippen molar-refractivity contribution in [1.29, 1.82) is 0 Å². The summed E-state index contributed by atoms with van der Waals surface area (Å²) >= 11 is 6.13. The molecular weight excluding hydrogens is 1660 g/mol. The zero-order chi connectivity index (χ0) is 88.1. The summed E-state index contributed by atoms with van der Waals surface area (Å²) in [6, 6.07) is 8.11. The lowest BCUT2D eigenvalue weighted by Crippen LogP contribution is -2.37. The van der Waals surface area contributed by atoms with Gasteiger partial charge in [-0.25, -0.2) is 44.5 Å². The van der Waals surface area contributed by atoms with Crippen molar-refractivity contribution in [3.05, 3.63) is 82.9 Å². The molecular formula is C78H98ClF9N22O13. The number of nitrogen functional groups attached to an aromatic ring is 3. The molecule has 668 valence electrons. The highest BCUT2D eigenvalue weighted by Gasteiger charge is 2.41. The number of halogens is 10. The van der Waals surface area contributed by atoms with Gasteiger partial charge in [0.2, 0.25) is 53.2 Å². The Kier molecular flexibility index (Phi) is 29.5. The molecule has 0 spiro atoms. The molecule has 123 heavy (non-hydrogen) atoms. The summed E-state index contributed by atoms with van der Waals surface area (Å²) < 4.78 is 179. The highest BCUT2D eigenvalue weighted by Crippen LogP contribution is 2.43. The lowest BCUT2D eigenvalue weighted by atomic mass is 10.1. The normalized spacial score (nSPS) is 19.7. The average Bonchev–Trinajstić information content (AvgIpc) is 1.10. The van der Waals surface area contributed by atoms with E-state index in [1.807, 2.05) is 40.4 Å². The summed E-state index contributed by atoms with van der Waals surface area (Å²) in [6.45, 7) is 25.1. The molecule has 3 amide bonds. The molecule has 0 aromatic carbocycles. The van der Waals surface area contributed by atoms with Crippen LogP contribution in [0, 0.1) is 0 Å². The zero-order valence-corrected chi connectivity index (χ0v) is 69.5. The molecule has 45 heteroatoms. The SMILES string of the molecule is CC(=O)N1CC[C@H](Oc2cc(-c3cnc(N)cc3C(F)(F)F)nc(N3CCOCC3)n2)C1.CC(C)(C)OC(=O)N1CC[C@H](Oc2cc(-c3cnc(N)cc3C(F)(F)F)nc(N3CCOCC3)n2)C1.CC(C)(C)OC(=O)N1CC[C@H](Oc2cc(Cl)nc(N3CCOCC3)n2)C1.Nc1cc(C(F)(F)F)c(-c2cc(O[C@H]3CCNC3)nc(N3CCOCC3)n2)cn1. The van der Waals surface area contributed by atoms with E-state index in [-0.39, 0.29) is 118 Å². The predicted octanol–water partition coefficient (Wildman–Crippen LogP) is 9.41. The van der Waals surface area contributed by atoms with Crippen LogP contribution in [0.4, 0.5) is 90.3 Å². The molecule has 7 N–H and O–H groups in total. The Morgan fingerprint density at radius 2 is 0.699 bits per heavy atom. The lowest BCUT2D eigenvalue weighted by Gasteiger charge is -2.27. The van der Waals surface area contributed by atoms with Gasteiger partial charge in [-0.2, -0.15) is 59.4 Å². The first-order chi connectivity index (χ1) is 58.3. The van der Waals surface area contributed by atoms with Crippen LogP contribution in [0.5, 0.6) is 23.5 Å². The van der Waals surface area contributed by atoms with E-state index < -0.39 is 58.6 Å². The van der Waals surface area contributed by atoms with Crippen LogP contribution in [-0.4, -0.2) is 281 Å². The second-order valence-corrected chi connectivity index (χ2v) is 31.9. The number of hydrogen-bond acceptors (Lipinski definition) is 32. The molecule has 8 aliphatic rings. The van der Waals surface area contributed by atoms with Crippen LogP contribution in [0.15, 0.2) is 61.1 Å². The average molecular weight is 1760 g/mol. The Morgan fingerprint density at radius 3 is 0.984 bits per heavy atom. The molecule has 0 unspecified atom stereocenters. The standard InChI is InChI=1S/C23H29F3N6O4.C20H23F3N6O3.C18H21F3N6O2.C17H25ClN4O4/c1-22(2,3)36-21(33)32-5-4-14(13-32)35-19-11-17(29-20(30-19)31-6-8-34-9-7-31)15-12-28-18(27)10-16(15)23(24,25)26;1-12(30)29-3-2-13(11-29)32-18-9-16(26-19(27-18)28-4-6-31-7-5-28)14-10-25-17(24)8-15(14)20(21,22)23;19-18(20,21)13-7-15(22)24-10-12(13)14-8-16(29-11-1-2-23-9-11)26-17(25-14)27-3-5-28-6-4-27;1-17(2,3)26-16(23)22-5-4-12(11-22)25-14-10-13(18)19-15(20-14)21-6-8-24-9-7-21/h10-12,14H,4-9,13H2,1-3H3,(H2,27,28);8-10,13H,2-7,11H2,1H3,(H2,24,25);7-8,10-11,23H,1-6,9H2,(H2,22,24);10,12H,4-9,11H2,1-3H3/t14-;13-;11-;12-/m0000/s1. The number of carbonyl (C=O) groups is 3. The van der Waals surface area contributed by atoms with Crippen molar-refractivity contribution < 1.29 is 101 Å². The molecule has 0 saturated carbocycles. The molecule has 7 aromatic rings. The number of morpholine rings is 4. The minimum absolute atomic E-state index is 0.00307. The van der Waals surface area contributed by atoms with Gasteiger partial charge in [-0.05, 0) is 72.7 Å². The summed E-state index contributed by atoms with van der Waals surface area (Å²) in [5.41, 5.74) is 12.1. The Hall–Kier alpha value is -11.0. The van der Waals surface area contributed by atoms with Crippen molar-refractivity contribution in [1.82, 2.24) is 74.8 Å². The number of hydrogen-bond donors (Lipinski definition) is 4. The molecule has 8 saturated heterocycles. The van der Waals surface area contributed by atoms with Gasteiger partial charge in [0.25, 0.3) is 0 Å². The van der Waals surface area contributed by atoms with Gasteiger partial charge < -0.3 is 104 Å². The number of nitrogens with zero attached hydrogens (tertiary/aromatic N) is 18. The molecule has 7 aromatic heterocycles. The molecule has 0 bridgehead atoms. The fraction of sp³-hybridized carbons (Fsp3) is 0.564. The minimum atomic E-state index is -4.67. The van der Waals surface area contributed by atoms with Crippen LogP contribution in [0.25, 0.3) is 33.8 Å².